The first kappa shape index (κ1) is 42.4. The van der Waals surface area contributed by atoms with Crippen LogP contribution in [0.15, 0.2) is 203 Å². The van der Waals surface area contributed by atoms with E-state index >= 15 is 0 Å². The molecule has 64 heavy (non-hydrogen) atoms. The second-order valence-corrected chi connectivity index (χ2v) is 17.2. The maximum absolute atomic E-state index is 5.61. The summed E-state index contributed by atoms with van der Waals surface area (Å²) in [5.41, 5.74) is 17.7. The predicted octanol–water partition coefficient (Wildman–Crippen LogP) is 16.6. The molecule has 0 saturated heterocycles. The highest BCUT2D eigenvalue weighted by Crippen LogP contribution is 2.47. The lowest BCUT2D eigenvalue weighted by molar-refractivity contribution is 0.415. The Kier molecular flexibility index (Phi) is 12.5. The normalized spacial score (nSPS) is 11.0. The average molecular weight is 965 g/mol. The number of rotatable bonds is 12. The van der Waals surface area contributed by atoms with Crippen LogP contribution >= 0.6 is 31.9 Å². The summed E-state index contributed by atoms with van der Waals surface area (Å²) in [6, 6.07) is 68.7. The molecule has 314 valence electrons. The van der Waals surface area contributed by atoms with Crippen molar-refractivity contribution < 1.29 is 18.9 Å². The van der Waals surface area contributed by atoms with Gasteiger partial charge in [-0.2, -0.15) is 0 Å². The van der Waals surface area contributed by atoms with Gasteiger partial charge in [0.25, 0.3) is 0 Å². The van der Waals surface area contributed by atoms with Gasteiger partial charge in [-0.05, 0) is 186 Å². The third-order valence-electron chi connectivity index (χ3n) is 11.7. The van der Waals surface area contributed by atoms with Crippen molar-refractivity contribution >= 4 is 31.9 Å². The minimum Gasteiger partial charge on any atom is -0.497 e. The molecule has 0 aliphatic carbocycles. The zero-order chi connectivity index (χ0) is 44.2. The fourth-order valence-corrected chi connectivity index (χ4v) is 8.85. The van der Waals surface area contributed by atoms with Crippen molar-refractivity contribution in [3.8, 4) is 112 Å². The lowest BCUT2D eigenvalue weighted by Crippen LogP contribution is -1.95. The van der Waals surface area contributed by atoms with Gasteiger partial charge < -0.3 is 18.9 Å². The molecule has 0 bridgehead atoms. The highest BCUT2D eigenvalue weighted by molar-refractivity contribution is 9.10. The summed E-state index contributed by atoms with van der Waals surface area (Å²) < 4.78 is 24.5. The highest BCUT2D eigenvalue weighted by Gasteiger charge is 2.21. The van der Waals surface area contributed by atoms with Crippen LogP contribution in [0, 0.1) is 0 Å². The van der Waals surface area contributed by atoms with Gasteiger partial charge in [-0.1, -0.05) is 129 Å². The molecule has 9 aromatic carbocycles. The molecule has 0 radical (unpaired) electrons. The van der Waals surface area contributed by atoms with Crippen molar-refractivity contribution in [2.24, 2.45) is 0 Å². The Morgan fingerprint density at radius 2 is 0.438 bits per heavy atom. The quantitative estimate of drug-likeness (QED) is 0.122. The molecule has 0 aliphatic heterocycles. The lowest BCUT2D eigenvalue weighted by Gasteiger charge is -2.21. The molecule has 0 aliphatic rings. The molecule has 9 aromatic rings. The van der Waals surface area contributed by atoms with Crippen molar-refractivity contribution in [2.45, 2.75) is 0 Å². The van der Waals surface area contributed by atoms with E-state index in [0.717, 1.165) is 121 Å². The fourth-order valence-electron chi connectivity index (χ4n) is 8.32. The maximum atomic E-state index is 5.61. The summed E-state index contributed by atoms with van der Waals surface area (Å²) in [7, 11) is 6.80. The summed E-state index contributed by atoms with van der Waals surface area (Å²) >= 11 is 7.28. The molecular weight excluding hydrogens is 920 g/mol. The first-order valence-electron chi connectivity index (χ1n) is 20.9. The number of methoxy groups -OCH3 is 4. The molecule has 4 nitrogen and oxygen atoms in total. The minimum atomic E-state index is 0.806. The van der Waals surface area contributed by atoms with E-state index in [1.54, 1.807) is 28.4 Å². The SMILES string of the molecule is COc1ccc(-c2cc(-c3ccc(Br)cc3)cc(-c3ccc(OC)cc3)c2-c2ccc(-c3c(-c4ccc(OC)cc4)cc(-c4ccc(Br)cc4)cc3-c3ccc(OC)cc3)cc2)cc1. The zero-order valence-electron chi connectivity index (χ0n) is 35.9. The first-order chi connectivity index (χ1) is 31.3. The van der Waals surface area contributed by atoms with E-state index in [4.69, 9.17) is 18.9 Å². The van der Waals surface area contributed by atoms with Gasteiger partial charge in [0.15, 0.2) is 0 Å². The largest absolute Gasteiger partial charge is 0.497 e. The van der Waals surface area contributed by atoms with E-state index in [2.05, 4.69) is 177 Å². The Balaban J connectivity index is 1.29. The molecule has 0 saturated carbocycles. The molecule has 0 atom stereocenters. The highest BCUT2D eigenvalue weighted by atomic mass is 79.9. The fraction of sp³-hybridized carbons (Fsp3) is 0.0690. The Hall–Kier alpha value is -6.86. The van der Waals surface area contributed by atoms with E-state index in [1.165, 1.54) is 0 Å². The van der Waals surface area contributed by atoms with Crippen molar-refractivity contribution in [2.75, 3.05) is 28.4 Å². The van der Waals surface area contributed by atoms with Crippen molar-refractivity contribution in [1.82, 2.24) is 0 Å². The predicted molar refractivity (Wildman–Crippen MR) is 272 cm³/mol. The Morgan fingerprint density at radius 3 is 0.656 bits per heavy atom. The van der Waals surface area contributed by atoms with Crippen LogP contribution in [0.5, 0.6) is 23.0 Å². The van der Waals surface area contributed by atoms with Gasteiger partial charge >= 0.3 is 0 Å². The molecule has 0 unspecified atom stereocenters. The van der Waals surface area contributed by atoms with Gasteiger partial charge in [0.2, 0.25) is 0 Å². The third kappa shape index (κ3) is 8.85. The lowest BCUT2D eigenvalue weighted by atomic mass is 9.82. The molecule has 0 aromatic heterocycles. The Bertz CT molecular complexity index is 2680. The minimum absolute atomic E-state index is 0.806. The van der Waals surface area contributed by atoms with Gasteiger partial charge in [-0.25, -0.2) is 0 Å². The molecule has 0 N–H and O–H groups in total. The van der Waals surface area contributed by atoms with Crippen LogP contribution in [0.3, 0.4) is 0 Å². The van der Waals surface area contributed by atoms with E-state index in [1.807, 2.05) is 48.5 Å². The van der Waals surface area contributed by atoms with Crippen LogP contribution < -0.4 is 18.9 Å². The van der Waals surface area contributed by atoms with E-state index in [-0.39, 0.29) is 0 Å². The van der Waals surface area contributed by atoms with Gasteiger partial charge in [-0.3, -0.25) is 0 Å². The number of hydrogen-bond donors (Lipinski definition) is 0. The average Bonchev–Trinajstić information content (AvgIpc) is 3.36. The smallest absolute Gasteiger partial charge is 0.118 e. The van der Waals surface area contributed by atoms with Gasteiger partial charge in [0.1, 0.15) is 23.0 Å². The molecule has 0 spiro atoms. The van der Waals surface area contributed by atoms with Crippen LogP contribution in [0.2, 0.25) is 0 Å². The molecule has 6 heteroatoms. The summed E-state index contributed by atoms with van der Waals surface area (Å²) in [5.74, 6) is 3.22. The molecule has 0 amide bonds. The monoisotopic (exact) mass is 962 g/mol. The van der Waals surface area contributed by atoms with Gasteiger partial charge in [-0.15, -0.1) is 0 Å². The van der Waals surface area contributed by atoms with Crippen LogP contribution in [-0.4, -0.2) is 28.4 Å². The summed E-state index contributed by atoms with van der Waals surface area (Å²) in [6.45, 7) is 0. The summed E-state index contributed by atoms with van der Waals surface area (Å²) in [5, 5.41) is 0. The van der Waals surface area contributed by atoms with Crippen molar-refractivity contribution in [3.05, 3.63) is 203 Å². The van der Waals surface area contributed by atoms with E-state index in [0.29, 0.717) is 0 Å². The molecular formula is C58H44Br2O4. The van der Waals surface area contributed by atoms with Crippen LogP contribution in [0.1, 0.15) is 0 Å². The maximum Gasteiger partial charge on any atom is 0.118 e. The Labute approximate surface area is 392 Å². The topological polar surface area (TPSA) is 36.9 Å². The number of hydrogen-bond acceptors (Lipinski definition) is 4. The summed E-state index contributed by atoms with van der Waals surface area (Å²) in [6.07, 6.45) is 0. The molecule has 0 fully saturated rings. The first-order valence-corrected chi connectivity index (χ1v) is 22.5. The van der Waals surface area contributed by atoms with Crippen molar-refractivity contribution in [3.63, 3.8) is 0 Å². The molecule has 0 heterocycles. The number of halogens is 2. The van der Waals surface area contributed by atoms with Crippen LogP contribution in [-0.2, 0) is 0 Å². The molecule has 9 rings (SSSR count). The van der Waals surface area contributed by atoms with E-state index in [9.17, 15) is 0 Å². The number of benzene rings is 9. The van der Waals surface area contributed by atoms with Gasteiger partial charge in [0.05, 0.1) is 28.4 Å². The number of ether oxygens (including phenoxy) is 4. The third-order valence-corrected chi connectivity index (χ3v) is 12.8. The second kappa shape index (κ2) is 18.9. The van der Waals surface area contributed by atoms with Crippen LogP contribution in [0.4, 0.5) is 0 Å². The zero-order valence-corrected chi connectivity index (χ0v) is 39.0. The summed E-state index contributed by atoms with van der Waals surface area (Å²) in [4.78, 5) is 0. The second-order valence-electron chi connectivity index (χ2n) is 15.4. The Morgan fingerprint density at radius 1 is 0.234 bits per heavy atom. The standard InChI is InChI=1S/C58H44Br2O4/c1-61-49-25-13-39(14-26-49)53-33-45(37-9-21-47(59)22-10-37)34-54(40-15-27-50(62-2)28-16-40)57(53)43-5-7-44(8-6-43)58-55(41-17-29-51(63-3)30-18-41)35-46(38-11-23-48(60)24-12-38)36-56(58)42-19-31-52(64-4)32-20-42/h5-36H,1-4H3. The van der Waals surface area contributed by atoms with E-state index < -0.39 is 0 Å². The van der Waals surface area contributed by atoms with Crippen molar-refractivity contribution in [1.29, 1.82) is 0 Å². The van der Waals surface area contributed by atoms with Crippen LogP contribution in [0.25, 0.3) is 89.0 Å². The van der Waals surface area contributed by atoms with Gasteiger partial charge in [0, 0.05) is 8.95 Å².